The minimum absolute atomic E-state index is 0.324. The molecule has 5 nitrogen and oxygen atoms in total. The number of rotatable bonds is 3. The summed E-state index contributed by atoms with van der Waals surface area (Å²) in [5, 5.41) is 3.79. The quantitative estimate of drug-likeness (QED) is 0.596. The molecule has 0 radical (unpaired) electrons. The van der Waals surface area contributed by atoms with Gasteiger partial charge in [-0.25, -0.2) is 10.8 Å². The third-order valence-electron chi connectivity index (χ3n) is 2.34. The molecule has 0 aliphatic rings. The first-order chi connectivity index (χ1) is 8.61. The van der Waals surface area contributed by atoms with Gasteiger partial charge < -0.3 is 5.32 Å². The van der Waals surface area contributed by atoms with E-state index in [1.165, 1.54) is 0 Å². The Hall–Kier alpha value is -1.37. The van der Waals surface area contributed by atoms with Gasteiger partial charge in [-0.2, -0.15) is 4.98 Å². The van der Waals surface area contributed by atoms with Crippen molar-refractivity contribution in [3.8, 4) is 0 Å². The van der Waals surface area contributed by atoms with E-state index >= 15 is 0 Å². The zero-order valence-electron chi connectivity index (χ0n) is 9.54. The van der Waals surface area contributed by atoms with Crippen molar-refractivity contribution in [1.82, 2.24) is 9.97 Å². The molecule has 0 unspecified atom stereocenters. The predicted octanol–water partition coefficient (Wildman–Crippen LogP) is 3.23. The summed E-state index contributed by atoms with van der Waals surface area (Å²) in [6.07, 6.45) is 1.61. The number of nitrogens with one attached hydrogen (secondary N) is 2. The highest BCUT2D eigenvalue weighted by Gasteiger charge is 2.09. The highest BCUT2D eigenvalue weighted by molar-refractivity contribution is 9.10. The minimum atomic E-state index is 0.324. The summed E-state index contributed by atoms with van der Waals surface area (Å²) in [5.41, 5.74) is 4.22. The van der Waals surface area contributed by atoms with Crippen LogP contribution in [0.5, 0.6) is 0 Å². The number of aryl methyl sites for hydroxylation is 1. The fourth-order valence-corrected chi connectivity index (χ4v) is 1.99. The first-order valence-corrected chi connectivity index (χ1v) is 6.30. The van der Waals surface area contributed by atoms with Gasteiger partial charge >= 0.3 is 0 Å². The van der Waals surface area contributed by atoms with Gasteiger partial charge in [-0.3, -0.25) is 5.43 Å². The zero-order chi connectivity index (χ0) is 13.1. The standard InChI is InChI=1S/C11H11BrClN5/c1-6-3-2-4-8(13)9(6)16-10-7(12)5-15-11(17-10)18-14/h2-5H,14H2,1H3,(H2,15,16,17,18). The summed E-state index contributed by atoms with van der Waals surface area (Å²) in [5.74, 6) is 6.19. The van der Waals surface area contributed by atoms with Gasteiger partial charge in [0, 0.05) is 6.20 Å². The molecular weight excluding hydrogens is 318 g/mol. The molecule has 0 fully saturated rings. The summed E-state index contributed by atoms with van der Waals surface area (Å²) >= 11 is 9.51. The lowest BCUT2D eigenvalue weighted by Crippen LogP contribution is -2.11. The molecule has 0 saturated heterocycles. The van der Waals surface area contributed by atoms with E-state index in [4.69, 9.17) is 17.4 Å². The second-order valence-corrected chi connectivity index (χ2v) is 4.85. The van der Waals surface area contributed by atoms with Gasteiger partial charge in [0.05, 0.1) is 15.2 Å². The molecule has 0 spiro atoms. The van der Waals surface area contributed by atoms with Crippen molar-refractivity contribution in [2.45, 2.75) is 6.92 Å². The number of nitrogens with two attached hydrogens (primary N) is 1. The smallest absolute Gasteiger partial charge is 0.239 e. The third kappa shape index (κ3) is 2.72. The van der Waals surface area contributed by atoms with Crippen LogP contribution >= 0.6 is 27.5 Å². The maximum absolute atomic E-state index is 6.14. The van der Waals surface area contributed by atoms with Gasteiger partial charge in [0.1, 0.15) is 5.82 Å². The van der Waals surface area contributed by atoms with E-state index in [0.29, 0.717) is 16.8 Å². The fraction of sp³-hybridized carbons (Fsp3) is 0.0909. The first kappa shape index (κ1) is 13.1. The fourth-order valence-electron chi connectivity index (χ4n) is 1.43. The average Bonchev–Trinajstić information content (AvgIpc) is 2.36. The molecule has 94 valence electrons. The van der Waals surface area contributed by atoms with Gasteiger partial charge in [-0.15, -0.1) is 0 Å². The number of benzene rings is 1. The van der Waals surface area contributed by atoms with Crippen LogP contribution in [0.1, 0.15) is 5.56 Å². The van der Waals surface area contributed by atoms with Gasteiger partial charge in [-0.05, 0) is 34.5 Å². The van der Waals surface area contributed by atoms with E-state index in [1.807, 2.05) is 25.1 Å². The number of aromatic nitrogens is 2. The van der Waals surface area contributed by atoms with Crippen molar-refractivity contribution in [2.24, 2.45) is 5.84 Å². The van der Waals surface area contributed by atoms with E-state index < -0.39 is 0 Å². The summed E-state index contributed by atoms with van der Waals surface area (Å²) in [6.45, 7) is 1.96. The number of anilines is 3. The Bertz CT molecular complexity index is 555. The molecule has 0 aliphatic carbocycles. The van der Waals surface area contributed by atoms with Crippen LogP contribution < -0.4 is 16.6 Å². The molecule has 0 saturated carbocycles. The topological polar surface area (TPSA) is 75.9 Å². The normalized spacial score (nSPS) is 10.2. The second-order valence-electron chi connectivity index (χ2n) is 3.59. The zero-order valence-corrected chi connectivity index (χ0v) is 11.9. The number of para-hydroxylation sites is 1. The van der Waals surface area contributed by atoms with Gasteiger partial charge in [0.2, 0.25) is 5.95 Å². The first-order valence-electron chi connectivity index (χ1n) is 5.13. The van der Waals surface area contributed by atoms with Crippen LogP contribution in [0.25, 0.3) is 0 Å². The molecule has 0 aliphatic heterocycles. The Morgan fingerprint density at radius 3 is 2.83 bits per heavy atom. The van der Waals surface area contributed by atoms with Gasteiger partial charge in [0.15, 0.2) is 0 Å². The van der Waals surface area contributed by atoms with Crippen LogP contribution in [0.2, 0.25) is 5.02 Å². The van der Waals surface area contributed by atoms with Crippen molar-refractivity contribution in [2.75, 3.05) is 10.7 Å². The van der Waals surface area contributed by atoms with E-state index in [-0.39, 0.29) is 0 Å². The third-order valence-corrected chi connectivity index (χ3v) is 3.23. The van der Waals surface area contributed by atoms with Crippen LogP contribution in [0, 0.1) is 6.92 Å². The summed E-state index contributed by atoms with van der Waals surface area (Å²) < 4.78 is 0.723. The minimum Gasteiger partial charge on any atom is -0.338 e. The Kier molecular flexibility index (Phi) is 4.00. The second kappa shape index (κ2) is 5.51. The summed E-state index contributed by atoms with van der Waals surface area (Å²) in [6, 6.07) is 5.67. The number of hydrazine groups is 1. The molecule has 18 heavy (non-hydrogen) atoms. The van der Waals surface area contributed by atoms with E-state index in [2.05, 4.69) is 36.6 Å². The lowest BCUT2D eigenvalue weighted by Gasteiger charge is -2.12. The molecular formula is C11H11BrClN5. The van der Waals surface area contributed by atoms with Crippen molar-refractivity contribution in [3.05, 3.63) is 39.5 Å². The van der Waals surface area contributed by atoms with Crippen LogP contribution in [-0.2, 0) is 0 Å². The van der Waals surface area contributed by atoms with E-state index in [9.17, 15) is 0 Å². The molecule has 4 N–H and O–H groups in total. The number of nitrogens with zero attached hydrogens (tertiary/aromatic N) is 2. The molecule has 2 rings (SSSR count). The van der Waals surface area contributed by atoms with Crippen molar-refractivity contribution >= 4 is 45.0 Å². The Labute approximate surface area is 118 Å². The predicted molar refractivity (Wildman–Crippen MR) is 77.0 cm³/mol. The maximum atomic E-state index is 6.14. The van der Waals surface area contributed by atoms with Crippen LogP contribution in [0.3, 0.4) is 0 Å². The molecule has 0 bridgehead atoms. The van der Waals surface area contributed by atoms with Gasteiger partial charge in [0.25, 0.3) is 0 Å². The number of halogens is 2. The molecule has 1 heterocycles. The van der Waals surface area contributed by atoms with Crippen molar-refractivity contribution < 1.29 is 0 Å². The van der Waals surface area contributed by atoms with Crippen LogP contribution in [0.4, 0.5) is 17.5 Å². The van der Waals surface area contributed by atoms with Crippen LogP contribution in [-0.4, -0.2) is 9.97 Å². The molecule has 7 heteroatoms. The number of hydrogen-bond donors (Lipinski definition) is 3. The SMILES string of the molecule is Cc1cccc(Cl)c1Nc1nc(NN)ncc1Br. The summed E-state index contributed by atoms with van der Waals surface area (Å²) in [7, 11) is 0. The molecule has 1 aromatic heterocycles. The Balaban J connectivity index is 2.39. The van der Waals surface area contributed by atoms with E-state index in [0.717, 1.165) is 15.7 Å². The highest BCUT2D eigenvalue weighted by atomic mass is 79.9. The largest absolute Gasteiger partial charge is 0.338 e. The highest BCUT2D eigenvalue weighted by Crippen LogP contribution is 2.31. The molecule has 0 amide bonds. The summed E-state index contributed by atoms with van der Waals surface area (Å²) in [4.78, 5) is 8.18. The van der Waals surface area contributed by atoms with Crippen LogP contribution in [0.15, 0.2) is 28.9 Å². The average molecular weight is 329 g/mol. The number of hydrogen-bond acceptors (Lipinski definition) is 5. The number of nitrogen functional groups attached to an aromatic ring is 1. The molecule has 0 atom stereocenters. The van der Waals surface area contributed by atoms with E-state index in [1.54, 1.807) is 6.20 Å². The molecule has 2 aromatic rings. The molecule has 1 aromatic carbocycles. The van der Waals surface area contributed by atoms with Crippen molar-refractivity contribution in [3.63, 3.8) is 0 Å². The maximum Gasteiger partial charge on any atom is 0.239 e. The Morgan fingerprint density at radius 2 is 2.17 bits per heavy atom. The Morgan fingerprint density at radius 1 is 1.39 bits per heavy atom. The van der Waals surface area contributed by atoms with Crippen molar-refractivity contribution in [1.29, 1.82) is 0 Å². The lowest BCUT2D eigenvalue weighted by molar-refractivity contribution is 1.11. The monoisotopic (exact) mass is 327 g/mol. The van der Waals surface area contributed by atoms with Gasteiger partial charge in [-0.1, -0.05) is 23.7 Å². The lowest BCUT2D eigenvalue weighted by atomic mass is 10.2.